The molecule has 1 N–H and O–H groups in total. The van der Waals surface area contributed by atoms with Gasteiger partial charge in [0.15, 0.2) is 0 Å². The van der Waals surface area contributed by atoms with Crippen LogP contribution in [0.25, 0.3) is 0 Å². The highest BCUT2D eigenvalue weighted by molar-refractivity contribution is 7.99. The van der Waals surface area contributed by atoms with Crippen LogP contribution in [0.3, 0.4) is 0 Å². The molecule has 0 aromatic carbocycles. The fourth-order valence-corrected chi connectivity index (χ4v) is 3.74. The predicted octanol–water partition coefficient (Wildman–Crippen LogP) is 3.91. The molecule has 0 bridgehead atoms. The molecule has 1 heterocycles. The Balaban J connectivity index is 1.82. The van der Waals surface area contributed by atoms with Crippen molar-refractivity contribution in [2.75, 3.05) is 5.75 Å². The Morgan fingerprint density at radius 2 is 2.29 bits per heavy atom. The van der Waals surface area contributed by atoms with Gasteiger partial charge in [-0.05, 0) is 51.0 Å². The quantitative estimate of drug-likeness (QED) is 0.861. The van der Waals surface area contributed by atoms with Crippen molar-refractivity contribution >= 4 is 11.8 Å². The van der Waals surface area contributed by atoms with E-state index in [2.05, 4.69) is 37.0 Å². The highest BCUT2D eigenvalue weighted by atomic mass is 32.2. The first-order valence-electron chi connectivity index (χ1n) is 6.63. The van der Waals surface area contributed by atoms with Crippen molar-refractivity contribution in [1.29, 1.82) is 0 Å². The molecule has 2 nitrogen and oxygen atoms in total. The van der Waals surface area contributed by atoms with E-state index in [1.54, 1.807) is 0 Å². The van der Waals surface area contributed by atoms with Gasteiger partial charge in [-0.3, -0.25) is 0 Å². The molecule has 3 unspecified atom stereocenters. The zero-order valence-corrected chi connectivity index (χ0v) is 11.8. The third-order valence-electron chi connectivity index (χ3n) is 3.46. The van der Waals surface area contributed by atoms with Crippen molar-refractivity contribution in [3.8, 4) is 0 Å². The van der Waals surface area contributed by atoms with Gasteiger partial charge in [-0.15, -0.1) is 0 Å². The van der Waals surface area contributed by atoms with Gasteiger partial charge in [0.2, 0.25) is 0 Å². The Kier molecular flexibility index (Phi) is 4.57. The van der Waals surface area contributed by atoms with Gasteiger partial charge >= 0.3 is 0 Å². The third-order valence-corrected chi connectivity index (χ3v) is 4.69. The molecule has 1 fully saturated rings. The molecule has 96 valence electrons. The van der Waals surface area contributed by atoms with E-state index < -0.39 is 0 Å². The zero-order chi connectivity index (χ0) is 12.3. The van der Waals surface area contributed by atoms with Crippen LogP contribution in [0.4, 0.5) is 0 Å². The molecular weight excluding hydrogens is 230 g/mol. The summed E-state index contributed by atoms with van der Waals surface area (Å²) in [5.74, 6) is 3.30. The summed E-state index contributed by atoms with van der Waals surface area (Å²) < 4.78 is 5.66. The summed E-state index contributed by atoms with van der Waals surface area (Å²) in [6, 6.07) is 5.12. The van der Waals surface area contributed by atoms with Crippen molar-refractivity contribution < 1.29 is 4.42 Å². The van der Waals surface area contributed by atoms with Crippen LogP contribution in [0.5, 0.6) is 0 Å². The minimum atomic E-state index is 0.332. The topological polar surface area (TPSA) is 25.2 Å². The largest absolute Gasteiger partial charge is 0.465 e. The smallest absolute Gasteiger partial charge is 0.120 e. The van der Waals surface area contributed by atoms with E-state index in [4.69, 9.17) is 4.42 Å². The molecule has 17 heavy (non-hydrogen) atoms. The average Bonchev–Trinajstić information content (AvgIpc) is 2.88. The van der Waals surface area contributed by atoms with Crippen molar-refractivity contribution in [1.82, 2.24) is 5.32 Å². The lowest BCUT2D eigenvalue weighted by Gasteiger charge is -2.18. The maximum absolute atomic E-state index is 5.66. The number of hydrogen-bond donors (Lipinski definition) is 1. The minimum Gasteiger partial charge on any atom is -0.465 e. The molecule has 1 aromatic rings. The van der Waals surface area contributed by atoms with E-state index in [1.165, 1.54) is 25.0 Å². The summed E-state index contributed by atoms with van der Waals surface area (Å²) in [6.07, 6.45) is 3.98. The van der Waals surface area contributed by atoms with Crippen molar-refractivity contribution in [2.45, 2.75) is 57.4 Å². The lowest BCUT2D eigenvalue weighted by Crippen LogP contribution is -2.29. The number of furan rings is 1. The molecule has 1 aromatic heterocycles. The van der Waals surface area contributed by atoms with Crippen LogP contribution in [0, 0.1) is 6.92 Å². The molecule has 0 amide bonds. The number of rotatable bonds is 5. The second kappa shape index (κ2) is 5.96. The van der Waals surface area contributed by atoms with Crippen LogP contribution in [0.1, 0.15) is 50.7 Å². The van der Waals surface area contributed by atoms with Gasteiger partial charge in [0.1, 0.15) is 11.5 Å². The molecule has 0 spiro atoms. The Morgan fingerprint density at radius 3 is 2.94 bits per heavy atom. The van der Waals surface area contributed by atoms with Crippen molar-refractivity contribution in [2.24, 2.45) is 0 Å². The first-order chi connectivity index (χ1) is 8.19. The number of aryl methyl sites for hydroxylation is 1. The summed E-state index contributed by atoms with van der Waals surface area (Å²) in [7, 11) is 0. The van der Waals surface area contributed by atoms with Gasteiger partial charge in [-0.1, -0.05) is 6.92 Å². The normalized spacial score (nSPS) is 26.3. The van der Waals surface area contributed by atoms with E-state index in [0.29, 0.717) is 12.1 Å². The predicted molar refractivity (Wildman–Crippen MR) is 74.6 cm³/mol. The van der Waals surface area contributed by atoms with Gasteiger partial charge in [-0.2, -0.15) is 11.8 Å². The molecule has 0 radical (unpaired) electrons. The molecule has 2 rings (SSSR count). The van der Waals surface area contributed by atoms with E-state index in [-0.39, 0.29) is 0 Å². The van der Waals surface area contributed by atoms with Crippen molar-refractivity contribution in [3.05, 3.63) is 23.7 Å². The second-order valence-corrected chi connectivity index (χ2v) is 6.50. The zero-order valence-electron chi connectivity index (χ0n) is 11.0. The van der Waals surface area contributed by atoms with Gasteiger partial charge < -0.3 is 9.73 Å². The molecule has 3 heteroatoms. The van der Waals surface area contributed by atoms with E-state index in [0.717, 1.165) is 16.8 Å². The van der Waals surface area contributed by atoms with Gasteiger partial charge in [0.05, 0.1) is 6.04 Å². The fourth-order valence-electron chi connectivity index (χ4n) is 2.60. The standard InChI is InChI=1S/C14H23NOS/c1-4-17-13-7-6-12(9-13)15-11(3)14-8-5-10(2)16-14/h5,8,11-13,15H,4,6-7,9H2,1-3H3. The SMILES string of the molecule is CCSC1CCC(NC(C)c2ccc(C)o2)C1. The number of thioether (sulfide) groups is 1. The molecule has 1 aliphatic carbocycles. The van der Waals surface area contributed by atoms with E-state index in [9.17, 15) is 0 Å². The maximum Gasteiger partial charge on any atom is 0.120 e. The van der Waals surface area contributed by atoms with Crippen LogP contribution >= 0.6 is 11.8 Å². The molecule has 3 atom stereocenters. The summed E-state index contributed by atoms with van der Waals surface area (Å²) in [5, 5.41) is 4.55. The monoisotopic (exact) mass is 253 g/mol. The van der Waals surface area contributed by atoms with Gasteiger partial charge in [0, 0.05) is 11.3 Å². The Bertz CT molecular complexity index is 350. The molecular formula is C14H23NOS. The highest BCUT2D eigenvalue weighted by Crippen LogP contribution is 2.31. The Morgan fingerprint density at radius 1 is 1.47 bits per heavy atom. The molecule has 1 aliphatic rings. The lowest BCUT2D eigenvalue weighted by atomic mass is 10.2. The average molecular weight is 253 g/mol. The maximum atomic E-state index is 5.66. The van der Waals surface area contributed by atoms with Crippen LogP contribution in [0.15, 0.2) is 16.5 Å². The van der Waals surface area contributed by atoms with Gasteiger partial charge in [0.25, 0.3) is 0 Å². The molecule has 0 aliphatic heterocycles. The summed E-state index contributed by atoms with van der Waals surface area (Å²) in [4.78, 5) is 0. The van der Waals surface area contributed by atoms with Crippen molar-refractivity contribution in [3.63, 3.8) is 0 Å². The number of hydrogen-bond acceptors (Lipinski definition) is 3. The summed E-state index contributed by atoms with van der Waals surface area (Å²) in [5.41, 5.74) is 0. The second-order valence-electron chi connectivity index (χ2n) is 4.92. The fraction of sp³-hybridized carbons (Fsp3) is 0.714. The van der Waals surface area contributed by atoms with Crippen LogP contribution in [0.2, 0.25) is 0 Å². The first-order valence-corrected chi connectivity index (χ1v) is 7.68. The van der Waals surface area contributed by atoms with E-state index >= 15 is 0 Å². The Hall–Kier alpha value is -0.410. The van der Waals surface area contributed by atoms with Gasteiger partial charge in [-0.25, -0.2) is 0 Å². The lowest BCUT2D eigenvalue weighted by molar-refractivity contribution is 0.381. The summed E-state index contributed by atoms with van der Waals surface area (Å²) in [6.45, 7) is 6.44. The highest BCUT2D eigenvalue weighted by Gasteiger charge is 2.26. The van der Waals surface area contributed by atoms with Crippen LogP contribution < -0.4 is 5.32 Å². The van der Waals surface area contributed by atoms with E-state index in [1.807, 2.05) is 13.0 Å². The first kappa shape index (κ1) is 13.0. The molecule has 0 saturated heterocycles. The minimum absolute atomic E-state index is 0.332. The molecule has 1 saturated carbocycles. The Labute approximate surface area is 109 Å². The van der Waals surface area contributed by atoms with Crippen LogP contribution in [-0.4, -0.2) is 17.0 Å². The third kappa shape index (κ3) is 3.52. The summed E-state index contributed by atoms with van der Waals surface area (Å²) >= 11 is 2.11. The number of nitrogens with one attached hydrogen (secondary N) is 1. The van der Waals surface area contributed by atoms with Crippen LogP contribution in [-0.2, 0) is 0 Å².